The summed E-state index contributed by atoms with van der Waals surface area (Å²) in [6.07, 6.45) is 20.1. The van der Waals surface area contributed by atoms with Gasteiger partial charge in [0.25, 0.3) is 0 Å². The van der Waals surface area contributed by atoms with Crippen LogP contribution in [0.15, 0.2) is 64.1 Å². The number of nitrogens with zero attached hydrogens (tertiary/aromatic N) is 4. The molecule has 0 unspecified atom stereocenters. The first-order chi connectivity index (χ1) is 19.5. The lowest BCUT2D eigenvalue weighted by Gasteiger charge is -2.34. The topological polar surface area (TPSA) is 62.1 Å². The van der Waals surface area contributed by atoms with Crippen molar-refractivity contribution in [2.45, 2.75) is 51.5 Å². The van der Waals surface area contributed by atoms with Gasteiger partial charge in [0.15, 0.2) is 11.3 Å². The number of halogens is 1. The molecule has 1 aromatic heterocycles. The molecule has 2 aliphatic carbocycles. The van der Waals surface area contributed by atoms with Crippen LogP contribution in [0.25, 0.3) is 10.9 Å². The van der Waals surface area contributed by atoms with E-state index in [-0.39, 0.29) is 11.2 Å². The van der Waals surface area contributed by atoms with Gasteiger partial charge in [0.05, 0.1) is 23.4 Å². The predicted molar refractivity (Wildman–Crippen MR) is 162 cm³/mol. The lowest BCUT2D eigenvalue weighted by Crippen LogP contribution is -2.44. The van der Waals surface area contributed by atoms with Gasteiger partial charge in [-0.15, -0.1) is 0 Å². The molecule has 40 heavy (non-hydrogen) atoms. The number of hydrogen-bond acceptors (Lipinski definition) is 5. The number of amidine groups is 1. The van der Waals surface area contributed by atoms with Crippen molar-refractivity contribution < 1.29 is 9.23 Å². The number of hydroxylamine groups is 1. The highest BCUT2D eigenvalue weighted by molar-refractivity contribution is 6.00. The molecule has 214 valence electrons. The van der Waals surface area contributed by atoms with Gasteiger partial charge in [0.2, 0.25) is 0 Å². The third-order valence-corrected chi connectivity index (χ3v) is 8.39. The molecule has 1 saturated carbocycles. The number of pyridine rings is 1. The van der Waals surface area contributed by atoms with Crippen molar-refractivity contribution in [3.8, 4) is 0 Å². The number of anilines is 1. The molecule has 8 heteroatoms. The van der Waals surface area contributed by atoms with Crippen LogP contribution >= 0.6 is 0 Å². The zero-order valence-corrected chi connectivity index (χ0v) is 23.9. The van der Waals surface area contributed by atoms with E-state index in [0.717, 1.165) is 51.1 Å². The number of allylic oxidation sites excluding steroid dienone is 5. The highest BCUT2D eigenvalue weighted by Crippen LogP contribution is 2.29. The summed E-state index contributed by atoms with van der Waals surface area (Å²) < 4.78 is 17.7. The van der Waals surface area contributed by atoms with Crippen LogP contribution in [0.1, 0.15) is 50.5 Å². The maximum Gasteiger partial charge on any atom is 0.200 e. The molecule has 2 aromatic rings. The Morgan fingerprint density at radius 1 is 1.12 bits per heavy atom. The fourth-order valence-electron chi connectivity index (χ4n) is 5.98. The maximum absolute atomic E-state index is 15.6. The summed E-state index contributed by atoms with van der Waals surface area (Å²) in [5.74, 6) is 0.542. The van der Waals surface area contributed by atoms with Gasteiger partial charge in [0.1, 0.15) is 5.82 Å². The second kappa shape index (κ2) is 13.4. The molecule has 5 rings (SSSR count). The molecule has 2 heterocycles. The predicted octanol–water partition coefficient (Wildman–Crippen LogP) is 5.20. The number of likely N-dealkylation sites (N-methyl/N-ethyl adjacent to an activating group) is 1. The van der Waals surface area contributed by atoms with Gasteiger partial charge in [-0.2, -0.15) is 0 Å². The Hall–Kier alpha value is -3.23. The zero-order chi connectivity index (χ0) is 27.9. The molecular weight excluding hydrogens is 505 g/mol. The van der Waals surface area contributed by atoms with Crippen molar-refractivity contribution >= 4 is 22.4 Å². The number of rotatable bonds is 8. The van der Waals surface area contributed by atoms with Gasteiger partial charge < -0.3 is 14.4 Å². The van der Waals surface area contributed by atoms with Crippen LogP contribution in [0.3, 0.4) is 0 Å². The third-order valence-electron chi connectivity index (χ3n) is 8.39. The summed E-state index contributed by atoms with van der Waals surface area (Å²) in [5.41, 5.74) is 5.64. The van der Waals surface area contributed by atoms with Crippen LogP contribution < -0.4 is 15.8 Å². The van der Waals surface area contributed by atoms with Crippen LogP contribution in [0.2, 0.25) is 0 Å². The van der Waals surface area contributed by atoms with Crippen molar-refractivity contribution in [3.05, 3.63) is 75.9 Å². The van der Waals surface area contributed by atoms with E-state index in [0.29, 0.717) is 35.0 Å². The quantitative estimate of drug-likeness (QED) is 0.213. The second-order valence-corrected chi connectivity index (χ2v) is 11.2. The molecule has 0 spiro atoms. The molecule has 0 bridgehead atoms. The first kappa shape index (κ1) is 28.3. The lowest BCUT2D eigenvalue weighted by molar-refractivity contribution is 0.0883. The van der Waals surface area contributed by atoms with E-state index in [4.69, 9.17) is 4.84 Å². The van der Waals surface area contributed by atoms with Gasteiger partial charge in [-0.3, -0.25) is 14.6 Å². The molecule has 3 aliphatic rings. The maximum atomic E-state index is 15.6. The average Bonchev–Trinajstić information content (AvgIpc) is 3.25. The molecule has 2 fully saturated rings. The van der Waals surface area contributed by atoms with Crippen molar-refractivity contribution in [2.24, 2.45) is 10.9 Å². The van der Waals surface area contributed by atoms with Crippen molar-refractivity contribution in [1.29, 1.82) is 0 Å². The van der Waals surface area contributed by atoms with Gasteiger partial charge in [-0.25, -0.2) is 9.87 Å². The second-order valence-electron chi connectivity index (χ2n) is 11.2. The van der Waals surface area contributed by atoms with Gasteiger partial charge in [-0.1, -0.05) is 49.6 Å². The molecule has 1 saturated heterocycles. The van der Waals surface area contributed by atoms with E-state index in [1.807, 2.05) is 24.4 Å². The highest BCUT2D eigenvalue weighted by atomic mass is 19.1. The van der Waals surface area contributed by atoms with Gasteiger partial charge in [-0.05, 0) is 56.4 Å². The highest BCUT2D eigenvalue weighted by Gasteiger charge is 2.23. The standard InChI is InChI=1S/C32H42FN5O2/c1-34-32(35-40-19-14-24-10-6-3-4-7-11-24)27-23-38(22-25-12-8-5-9-13-25)29-21-30(28(33)20-26(29)31(27)39)37-17-15-36(2)16-18-37/h3-4,6,10-11,20-21,23,25H,5,7-9,12-19,22H2,1-2H3,(H,34,35). The molecule has 7 nitrogen and oxygen atoms in total. The van der Waals surface area contributed by atoms with E-state index in [1.54, 1.807) is 7.05 Å². The Labute approximate surface area is 236 Å². The van der Waals surface area contributed by atoms with Crippen molar-refractivity contribution in [3.63, 3.8) is 0 Å². The van der Waals surface area contributed by atoms with Gasteiger partial charge >= 0.3 is 0 Å². The Bertz CT molecular complexity index is 1360. The number of nitrogens with one attached hydrogen (secondary N) is 1. The van der Waals surface area contributed by atoms with E-state index in [1.165, 1.54) is 43.7 Å². The number of aliphatic imine (C=N–C) groups is 1. The van der Waals surface area contributed by atoms with Crippen LogP contribution in [0.5, 0.6) is 0 Å². The summed E-state index contributed by atoms with van der Waals surface area (Å²) in [5, 5.41) is 0.382. The van der Waals surface area contributed by atoms with Crippen molar-refractivity contribution in [2.75, 3.05) is 51.8 Å². The number of hydrogen-bond donors (Lipinski definition) is 1. The molecule has 0 amide bonds. The fraction of sp³-hybridized carbons (Fsp3) is 0.500. The Balaban J connectivity index is 1.43. The summed E-state index contributed by atoms with van der Waals surface area (Å²) in [6.45, 7) is 4.53. The van der Waals surface area contributed by atoms with Crippen LogP contribution in [-0.4, -0.2) is 62.2 Å². The monoisotopic (exact) mass is 547 g/mol. The zero-order valence-electron chi connectivity index (χ0n) is 23.9. The Kier molecular flexibility index (Phi) is 9.49. The fourth-order valence-corrected chi connectivity index (χ4v) is 5.98. The Morgan fingerprint density at radius 3 is 2.70 bits per heavy atom. The van der Waals surface area contributed by atoms with Crippen LogP contribution in [0, 0.1) is 11.7 Å². The Morgan fingerprint density at radius 2 is 1.93 bits per heavy atom. The van der Waals surface area contributed by atoms with Crippen molar-refractivity contribution in [1.82, 2.24) is 14.9 Å². The normalized spacial score (nSPS) is 19.2. The molecule has 0 atom stereocenters. The lowest BCUT2D eigenvalue weighted by atomic mass is 9.89. The number of fused-ring (bicyclic) bond motifs is 1. The molecule has 1 aromatic carbocycles. The SMILES string of the molecule is CN=C(NOCCC1=CCC=CC=C1)c1cn(CC2CCCCC2)c2cc(N3CCN(C)CC3)c(F)cc2c1=O. The summed E-state index contributed by atoms with van der Waals surface area (Å²) >= 11 is 0. The largest absolute Gasteiger partial charge is 0.367 e. The first-order valence-electron chi connectivity index (χ1n) is 14.7. The summed E-state index contributed by atoms with van der Waals surface area (Å²) in [6, 6.07) is 3.32. The first-order valence-corrected chi connectivity index (χ1v) is 14.7. The van der Waals surface area contributed by atoms with E-state index in [9.17, 15) is 4.79 Å². The number of benzene rings is 1. The summed E-state index contributed by atoms with van der Waals surface area (Å²) in [4.78, 5) is 28.2. The van der Waals surface area contributed by atoms with E-state index in [2.05, 4.69) is 50.1 Å². The molecule has 1 N–H and O–H groups in total. The molecule has 0 radical (unpaired) electrons. The van der Waals surface area contributed by atoms with Gasteiger partial charge in [0, 0.05) is 51.4 Å². The van der Waals surface area contributed by atoms with Crippen LogP contribution in [0.4, 0.5) is 10.1 Å². The minimum atomic E-state index is -0.353. The average molecular weight is 548 g/mol. The number of aromatic nitrogens is 1. The van der Waals surface area contributed by atoms with E-state index < -0.39 is 0 Å². The molecular formula is C32H42FN5O2. The number of piperazine rings is 1. The van der Waals surface area contributed by atoms with Crippen LogP contribution in [-0.2, 0) is 11.4 Å². The minimum absolute atomic E-state index is 0.240. The minimum Gasteiger partial charge on any atom is -0.367 e. The third kappa shape index (κ3) is 6.73. The smallest absolute Gasteiger partial charge is 0.200 e. The molecule has 1 aliphatic heterocycles. The van der Waals surface area contributed by atoms with E-state index >= 15 is 4.39 Å². The summed E-state index contributed by atoms with van der Waals surface area (Å²) in [7, 11) is 3.73.